The summed E-state index contributed by atoms with van der Waals surface area (Å²) in [5.41, 5.74) is 3.08. The van der Waals surface area contributed by atoms with Crippen LogP contribution in [0.4, 0.5) is 0 Å². The first-order valence-electron chi connectivity index (χ1n) is 5.87. The van der Waals surface area contributed by atoms with Gasteiger partial charge in [-0.1, -0.05) is 51.3 Å². The van der Waals surface area contributed by atoms with Gasteiger partial charge in [-0.2, -0.15) is 0 Å². The Morgan fingerprint density at radius 3 is 2.50 bits per heavy atom. The van der Waals surface area contributed by atoms with Crippen molar-refractivity contribution >= 4 is 55.1 Å². The summed E-state index contributed by atoms with van der Waals surface area (Å²) >= 11 is 19.5. The zero-order valence-electron chi connectivity index (χ0n) is 10.9. The van der Waals surface area contributed by atoms with Crippen molar-refractivity contribution in [3.63, 3.8) is 0 Å². The molecule has 106 valence electrons. The third kappa shape index (κ3) is 3.16. The molecule has 0 aliphatic heterocycles. The Morgan fingerprint density at radius 2 is 1.85 bits per heavy atom. The molecule has 0 fully saturated rings. The molecular formula is C15H12Br2Cl2O. The van der Waals surface area contributed by atoms with Gasteiger partial charge < -0.3 is 4.74 Å². The van der Waals surface area contributed by atoms with Gasteiger partial charge >= 0.3 is 0 Å². The Balaban J connectivity index is 2.58. The van der Waals surface area contributed by atoms with E-state index in [4.69, 9.17) is 27.9 Å². The lowest BCUT2D eigenvalue weighted by molar-refractivity contribution is 0.408. The molecule has 1 atom stereocenters. The van der Waals surface area contributed by atoms with E-state index >= 15 is 0 Å². The van der Waals surface area contributed by atoms with Crippen LogP contribution in [0, 0.1) is 6.92 Å². The lowest BCUT2D eigenvalue weighted by Crippen LogP contribution is -2.00. The number of rotatable bonds is 3. The zero-order chi connectivity index (χ0) is 14.9. The van der Waals surface area contributed by atoms with E-state index in [0.717, 1.165) is 31.9 Å². The lowest BCUT2D eigenvalue weighted by atomic mass is 10.00. The van der Waals surface area contributed by atoms with Crippen LogP contribution in [0.15, 0.2) is 34.8 Å². The minimum Gasteiger partial charge on any atom is -0.495 e. The molecule has 0 saturated heterocycles. The van der Waals surface area contributed by atoms with Gasteiger partial charge in [0.2, 0.25) is 0 Å². The zero-order valence-corrected chi connectivity index (χ0v) is 15.6. The van der Waals surface area contributed by atoms with Crippen molar-refractivity contribution in [2.45, 2.75) is 11.8 Å². The maximum absolute atomic E-state index is 6.19. The Kier molecular flexibility index (Phi) is 5.41. The van der Waals surface area contributed by atoms with Crippen LogP contribution in [0.5, 0.6) is 5.75 Å². The molecule has 0 radical (unpaired) electrons. The largest absolute Gasteiger partial charge is 0.495 e. The molecular weight excluding hydrogens is 427 g/mol. The molecule has 0 saturated carbocycles. The Labute approximate surface area is 145 Å². The number of hydrogen-bond acceptors (Lipinski definition) is 1. The fourth-order valence-electron chi connectivity index (χ4n) is 2.05. The standard InChI is InChI=1S/C15H12Br2Cl2O/c1-8-10(4-3-5-13(8)19)14(17)11-6-9(18)7-12(16)15(11)20-2/h3-7,14H,1-2H3. The first kappa shape index (κ1) is 16.2. The molecule has 0 bridgehead atoms. The number of halogens is 4. The molecule has 0 N–H and O–H groups in total. The molecule has 20 heavy (non-hydrogen) atoms. The molecule has 0 aliphatic rings. The van der Waals surface area contributed by atoms with Gasteiger partial charge in [0.05, 0.1) is 16.4 Å². The van der Waals surface area contributed by atoms with Crippen LogP contribution < -0.4 is 4.74 Å². The van der Waals surface area contributed by atoms with Crippen LogP contribution in [0.2, 0.25) is 10.0 Å². The third-order valence-corrected chi connectivity index (χ3v) is 5.30. The maximum atomic E-state index is 6.19. The van der Waals surface area contributed by atoms with Gasteiger partial charge in [0.1, 0.15) is 5.75 Å². The van der Waals surface area contributed by atoms with E-state index in [1.165, 1.54) is 0 Å². The molecule has 1 unspecified atom stereocenters. The van der Waals surface area contributed by atoms with Gasteiger partial charge in [-0.25, -0.2) is 0 Å². The van der Waals surface area contributed by atoms with Crippen molar-refractivity contribution in [2.75, 3.05) is 7.11 Å². The highest BCUT2D eigenvalue weighted by Gasteiger charge is 2.20. The van der Waals surface area contributed by atoms with E-state index in [0.29, 0.717) is 5.02 Å². The number of benzene rings is 2. The second-order valence-corrected chi connectivity index (χ2v) is 6.94. The summed E-state index contributed by atoms with van der Waals surface area (Å²) in [4.78, 5) is -0.0499. The molecule has 0 aromatic heterocycles. The Bertz CT molecular complexity index is 644. The average Bonchev–Trinajstić information content (AvgIpc) is 2.40. The molecule has 2 rings (SSSR count). The van der Waals surface area contributed by atoms with Crippen molar-refractivity contribution in [3.8, 4) is 5.75 Å². The number of hydrogen-bond donors (Lipinski definition) is 0. The van der Waals surface area contributed by atoms with E-state index in [-0.39, 0.29) is 4.83 Å². The van der Waals surface area contributed by atoms with Crippen LogP contribution in [0.3, 0.4) is 0 Å². The summed E-state index contributed by atoms with van der Waals surface area (Å²) in [6, 6.07) is 9.56. The fourth-order valence-corrected chi connectivity index (χ4v) is 4.06. The topological polar surface area (TPSA) is 9.23 Å². The molecule has 0 heterocycles. The minimum absolute atomic E-state index is 0.0499. The van der Waals surface area contributed by atoms with Crippen LogP contribution in [-0.4, -0.2) is 7.11 Å². The minimum atomic E-state index is -0.0499. The van der Waals surface area contributed by atoms with E-state index in [1.807, 2.05) is 37.3 Å². The summed E-state index contributed by atoms with van der Waals surface area (Å²) in [6.07, 6.45) is 0. The van der Waals surface area contributed by atoms with E-state index in [9.17, 15) is 0 Å². The second kappa shape index (κ2) is 6.69. The highest BCUT2D eigenvalue weighted by Crippen LogP contribution is 2.43. The van der Waals surface area contributed by atoms with Crippen LogP contribution in [-0.2, 0) is 0 Å². The van der Waals surface area contributed by atoms with Crippen LogP contribution >= 0.6 is 55.1 Å². The predicted octanol–water partition coefficient (Wildman–Crippen LogP) is 6.56. The van der Waals surface area contributed by atoms with E-state index in [2.05, 4.69) is 31.9 Å². The summed E-state index contributed by atoms with van der Waals surface area (Å²) in [5.74, 6) is 0.760. The summed E-state index contributed by atoms with van der Waals surface area (Å²) in [6.45, 7) is 2.00. The van der Waals surface area contributed by atoms with Crippen molar-refractivity contribution < 1.29 is 4.74 Å². The third-order valence-electron chi connectivity index (χ3n) is 3.10. The highest BCUT2D eigenvalue weighted by molar-refractivity contribution is 9.10. The van der Waals surface area contributed by atoms with Crippen molar-refractivity contribution in [3.05, 3.63) is 61.5 Å². The molecule has 2 aromatic carbocycles. The SMILES string of the molecule is COc1c(Br)cc(Cl)cc1C(Br)c1cccc(Cl)c1C. The van der Waals surface area contributed by atoms with Gasteiger partial charge in [-0.15, -0.1) is 0 Å². The van der Waals surface area contributed by atoms with Gasteiger partial charge in [0.15, 0.2) is 0 Å². The molecule has 2 aromatic rings. The number of methoxy groups -OCH3 is 1. The summed E-state index contributed by atoms with van der Waals surface area (Å²) in [5, 5.41) is 1.39. The van der Waals surface area contributed by atoms with Crippen LogP contribution in [0.1, 0.15) is 21.5 Å². The fraction of sp³-hybridized carbons (Fsp3) is 0.200. The van der Waals surface area contributed by atoms with Gasteiger partial charge in [0.25, 0.3) is 0 Å². The van der Waals surface area contributed by atoms with E-state index in [1.54, 1.807) is 7.11 Å². The molecule has 5 heteroatoms. The summed E-state index contributed by atoms with van der Waals surface area (Å²) in [7, 11) is 1.64. The molecule has 0 amide bonds. The first-order valence-corrected chi connectivity index (χ1v) is 8.34. The Morgan fingerprint density at radius 1 is 1.15 bits per heavy atom. The number of alkyl halides is 1. The monoisotopic (exact) mass is 436 g/mol. The normalized spacial score (nSPS) is 12.3. The molecule has 0 aliphatic carbocycles. The van der Waals surface area contributed by atoms with E-state index < -0.39 is 0 Å². The van der Waals surface area contributed by atoms with Crippen molar-refractivity contribution in [1.29, 1.82) is 0 Å². The Hall–Kier alpha value is -0.220. The average molecular weight is 439 g/mol. The van der Waals surface area contributed by atoms with Crippen molar-refractivity contribution in [2.24, 2.45) is 0 Å². The molecule has 1 nitrogen and oxygen atoms in total. The summed E-state index contributed by atoms with van der Waals surface area (Å²) < 4.78 is 6.30. The predicted molar refractivity (Wildman–Crippen MR) is 92.7 cm³/mol. The maximum Gasteiger partial charge on any atom is 0.137 e. The lowest BCUT2D eigenvalue weighted by Gasteiger charge is -2.18. The van der Waals surface area contributed by atoms with Gasteiger partial charge in [-0.05, 0) is 52.2 Å². The van der Waals surface area contributed by atoms with Gasteiger partial charge in [-0.3, -0.25) is 0 Å². The van der Waals surface area contributed by atoms with Crippen LogP contribution in [0.25, 0.3) is 0 Å². The molecule has 0 spiro atoms. The van der Waals surface area contributed by atoms with Crippen molar-refractivity contribution in [1.82, 2.24) is 0 Å². The second-order valence-electron chi connectivity index (χ2n) is 4.33. The van der Waals surface area contributed by atoms with Gasteiger partial charge in [0, 0.05) is 15.6 Å². The smallest absolute Gasteiger partial charge is 0.137 e. The first-order chi connectivity index (χ1) is 9.45. The highest BCUT2D eigenvalue weighted by atomic mass is 79.9. The number of ether oxygens (including phenoxy) is 1. The quantitative estimate of drug-likeness (QED) is 0.493.